The number of allylic oxidation sites excluding steroid dienone is 3. The summed E-state index contributed by atoms with van der Waals surface area (Å²) in [5, 5.41) is 3.17. The van der Waals surface area contributed by atoms with E-state index in [4.69, 9.17) is 0 Å². The van der Waals surface area contributed by atoms with Crippen molar-refractivity contribution in [3.05, 3.63) is 36.6 Å². The maximum Gasteiger partial charge on any atom is 0.0363 e. The van der Waals surface area contributed by atoms with Gasteiger partial charge in [0.15, 0.2) is 0 Å². The summed E-state index contributed by atoms with van der Waals surface area (Å²) in [6.45, 7) is 16.4. The van der Waals surface area contributed by atoms with E-state index >= 15 is 0 Å². The van der Waals surface area contributed by atoms with Gasteiger partial charge in [-0.15, -0.1) is 0 Å². The van der Waals surface area contributed by atoms with E-state index in [1.54, 1.807) is 6.08 Å². The van der Waals surface area contributed by atoms with Crippen molar-refractivity contribution in [2.45, 2.75) is 27.7 Å². The number of likely N-dealkylation sites (N-methyl/N-ethyl adjacent to an activating group) is 1. The molecule has 0 radical (unpaired) electrons. The molecular formula is C11H21N. The molecule has 0 fully saturated rings. The van der Waals surface area contributed by atoms with Gasteiger partial charge in [0.05, 0.1) is 0 Å². The van der Waals surface area contributed by atoms with Crippen LogP contribution in [0.15, 0.2) is 36.6 Å². The van der Waals surface area contributed by atoms with E-state index in [1.807, 2.05) is 26.8 Å². The maximum absolute atomic E-state index is 3.81. The minimum absolute atomic E-state index is 0.923. The molecule has 0 aliphatic rings. The van der Waals surface area contributed by atoms with Gasteiger partial charge in [-0.3, -0.25) is 0 Å². The van der Waals surface area contributed by atoms with Crippen LogP contribution in [-0.4, -0.2) is 6.54 Å². The van der Waals surface area contributed by atoms with Gasteiger partial charge < -0.3 is 5.32 Å². The lowest BCUT2D eigenvalue weighted by Gasteiger charge is -2.06. The van der Waals surface area contributed by atoms with Crippen molar-refractivity contribution in [2.75, 3.05) is 6.54 Å². The first-order valence-electron chi connectivity index (χ1n) is 4.44. The molecule has 0 aliphatic heterocycles. The smallest absolute Gasteiger partial charge is 0.0363 e. The fourth-order valence-electron chi connectivity index (χ4n) is 0.660. The Bertz CT molecular complexity index is 154. The van der Waals surface area contributed by atoms with Crippen LogP contribution in [0.2, 0.25) is 0 Å². The number of hydrogen-bond acceptors (Lipinski definition) is 1. The van der Waals surface area contributed by atoms with Crippen molar-refractivity contribution in [2.24, 2.45) is 0 Å². The molecule has 0 atom stereocenters. The van der Waals surface area contributed by atoms with E-state index in [0.29, 0.717) is 0 Å². The zero-order valence-corrected chi connectivity index (χ0v) is 8.78. The minimum atomic E-state index is 0.923. The van der Waals surface area contributed by atoms with Gasteiger partial charge in [-0.2, -0.15) is 0 Å². The Morgan fingerprint density at radius 1 is 1.42 bits per heavy atom. The first-order valence-corrected chi connectivity index (χ1v) is 4.44. The van der Waals surface area contributed by atoms with E-state index in [-0.39, 0.29) is 0 Å². The van der Waals surface area contributed by atoms with Crippen LogP contribution in [0.3, 0.4) is 0 Å². The first-order chi connectivity index (χ1) is 5.72. The second-order valence-electron chi connectivity index (χ2n) is 2.13. The third-order valence-electron chi connectivity index (χ3n) is 1.11. The number of nitrogens with one attached hydrogen (secondary N) is 1. The Labute approximate surface area is 76.9 Å². The molecule has 70 valence electrons. The van der Waals surface area contributed by atoms with Crippen molar-refractivity contribution < 1.29 is 0 Å². The monoisotopic (exact) mass is 167 g/mol. The molecule has 0 rings (SSSR count). The average Bonchev–Trinajstić information content (AvgIpc) is 2.08. The molecule has 1 heteroatoms. The fraction of sp³-hybridized carbons (Fsp3) is 0.455. The van der Waals surface area contributed by atoms with Crippen LogP contribution in [0.1, 0.15) is 27.7 Å². The molecule has 1 N–H and O–H groups in total. The normalized spacial score (nSPS) is 9.50. The Kier molecular flexibility index (Phi) is 11.4. The van der Waals surface area contributed by atoms with Gasteiger partial charge in [-0.05, 0) is 25.5 Å². The van der Waals surface area contributed by atoms with Gasteiger partial charge in [0.1, 0.15) is 0 Å². The van der Waals surface area contributed by atoms with E-state index < -0.39 is 0 Å². The molecule has 0 aromatic carbocycles. The standard InChI is InChI=1S/C9H15N.C2H6/c1-5-7-9(8(3)4)10-6-2;1-2/h5,7,10H,1,3,6H2,2,4H3;1-2H3/b9-7+;. The van der Waals surface area contributed by atoms with Crippen LogP contribution in [0.4, 0.5) is 0 Å². The van der Waals surface area contributed by atoms with Crippen LogP contribution in [0.5, 0.6) is 0 Å². The highest BCUT2D eigenvalue weighted by molar-refractivity contribution is 5.27. The predicted molar refractivity (Wildman–Crippen MR) is 58.1 cm³/mol. The molecule has 0 amide bonds. The van der Waals surface area contributed by atoms with E-state index in [2.05, 4.69) is 25.4 Å². The van der Waals surface area contributed by atoms with Crippen molar-refractivity contribution >= 4 is 0 Å². The molecule has 0 unspecified atom stereocenters. The van der Waals surface area contributed by atoms with Crippen LogP contribution < -0.4 is 5.32 Å². The quantitative estimate of drug-likeness (QED) is 0.634. The summed E-state index contributed by atoms with van der Waals surface area (Å²) in [5.41, 5.74) is 2.11. The van der Waals surface area contributed by atoms with Gasteiger partial charge in [-0.25, -0.2) is 0 Å². The van der Waals surface area contributed by atoms with Gasteiger partial charge in [0.2, 0.25) is 0 Å². The molecule has 0 aromatic rings. The summed E-state index contributed by atoms with van der Waals surface area (Å²) in [5.74, 6) is 0. The summed E-state index contributed by atoms with van der Waals surface area (Å²) < 4.78 is 0. The highest BCUT2D eigenvalue weighted by Crippen LogP contribution is 2.01. The number of rotatable bonds is 4. The second-order valence-corrected chi connectivity index (χ2v) is 2.13. The summed E-state index contributed by atoms with van der Waals surface area (Å²) in [4.78, 5) is 0. The van der Waals surface area contributed by atoms with Crippen LogP contribution in [-0.2, 0) is 0 Å². The fourth-order valence-corrected chi connectivity index (χ4v) is 0.660. The van der Waals surface area contributed by atoms with Crippen LogP contribution in [0.25, 0.3) is 0 Å². The molecule has 0 bridgehead atoms. The summed E-state index contributed by atoms with van der Waals surface area (Å²) in [7, 11) is 0. The van der Waals surface area contributed by atoms with Crippen LogP contribution >= 0.6 is 0 Å². The molecule has 1 nitrogen and oxygen atoms in total. The largest absolute Gasteiger partial charge is 0.385 e. The van der Waals surface area contributed by atoms with Gasteiger partial charge in [0.25, 0.3) is 0 Å². The Balaban J connectivity index is 0. The van der Waals surface area contributed by atoms with E-state index in [1.165, 1.54) is 0 Å². The zero-order valence-electron chi connectivity index (χ0n) is 8.78. The molecule has 0 saturated carbocycles. The zero-order chi connectivity index (χ0) is 9.98. The molecule has 0 aromatic heterocycles. The molecule has 0 spiro atoms. The molecule has 12 heavy (non-hydrogen) atoms. The van der Waals surface area contributed by atoms with E-state index in [0.717, 1.165) is 17.8 Å². The van der Waals surface area contributed by atoms with Gasteiger partial charge in [0, 0.05) is 12.2 Å². The maximum atomic E-state index is 3.81. The third-order valence-corrected chi connectivity index (χ3v) is 1.11. The van der Waals surface area contributed by atoms with Gasteiger partial charge in [-0.1, -0.05) is 33.1 Å². The number of hydrogen-bond donors (Lipinski definition) is 1. The van der Waals surface area contributed by atoms with Gasteiger partial charge >= 0.3 is 0 Å². The molecule has 0 heterocycles. The lowest BCUT2D eigenvalue weighted by molar-refractivity contribution is 0.863. The van der Waals surface area contributed by atoms with Crippen molar-refractivity contribution in [3.8, 4) is 0 Å². The molecular weight excluding hydrogens is 146 g/mol. The average molecular weight is 167 g/mol. The molecule has 0 saturated heterocycles. The molecule has 0 aliphatic carbocycles. The topological polar surface area (TPSA) is 12.0 Å². The third kappa shape index (κ3) is 7.13. The summed E-state index contributed by atoms with van der Waals surface area (Å²) in [6, 6.07) is 0. The lowest BCUT2D eigenvalue weighted by atomic mass is 10.2. The van der Waals surface area contributed by atoms with E-state index in [9.17, 15) is 0 Å². The van der Waals surface area contributed by atoms with Crippen molar-refractivity contribution in [1.29, 1.82) is 0 Å². The Morgan fingerprint density at radius 3 is 2.17 bits per heavy atom. The highest BCUT2D eigenvalue weighted by Gasteiger charge is 1.91. The Hall–Kier alpha value is -0.980. The van der Waals surface area contributed by atoms with Crippen molar-refractivity contribution in [3.63, 3.8) is 0 Å². The summed E-state index contributed by atoms with van der Waals surface area (Å²) in [6.07, 6.45) is 3.68. The Morgan fingerprint density at radius 2 is 1.92 bits per heavy atom. The second kappa shape index (κ2) is 10.0. The first kappa shape index (κ1) is 13.6. The van der Waals surface area contributed by atoms with Crippen molar-refractivity contribution in [1.82, 2.24) is 5.32 Å². The highest BCUT2D eigenvalue weighted by atomic mass is 14.9. The minimum Gasteiger partial charge on any atom is -0.385 e. The predicted octanol–water partition coefficient (Wildman–Crippen LogP) is 3.27. The SMILES string of the molecule is C=C/C=C(/NCC)C(=C)C.CC. The lowest BCUT2D eigenvalue weighted by Crippen LogP contribution is -2.12. The van der Waals surface area contributed by atoms with Crippen LogP contribution in [0, 0.1) is 0 Å². The summed E-state index contributed by atoms with van der Waals surface area (Å²) >= 11 is 0.